The molecule has 0 radical (unpaired) electrons. The maximum atomic E-state index is 13.3. The quantitative estimate of drug-likeness (QED) is 0.821. The normalized spacial score (nSPS) is 14.3. The molecule has 5 heteroatoms. The van der Waals surface area contributed by atoms with Crippen molar-refractivity contribution in [1.82, 2.24) is 0 Å². The first-order valence-electron chi connectivity index (χ1n) is 4.21. The Balaban J connectivity index is 3.07. The van der Waals surface area contributed by atoms with E-state index in [0.717, 1.165) is 6.07 Å². The molecule has 0 saturated heterocycles. The maximum absolute atomic E-state index is 13.3. The van der Waals surface area contributed by atoms with Gasteiger partial charge in [0.15, 0.2) is 0 Å². The summed E-state index contributed by atoms with van der Waals surface area (Å²) in [5.41, 5.74) is 0.174. The summed E-state index contributed by atoms with van der Waals surface area (Å²) in [4.78, 5) is 0. The Hall–Kier alpha value is -0.960. The molecule has 3 nitrogen and oxygen atoms in total. The van der Waals surface area contributed by atoms with Gasteiger partial charge in [-0.3, -0.25) is 0 Å². The van der Waals surface area contributed by atoms with Crippen LogP contribution < -0.4 is 0 Å². The molecule has 0 aromatic heterocycles. The van der Waals surface area contributed by atoms with Crippen LogP contribution in [0.5, 0.6) is 0 Å². The third-order valence-electron chi connectivity index (χ3n) is 1.97. The molecule has 80 valence electrons. The molecule has 1 aromatic carbocycles. The van der Waals surface area contributed by atoms with Crippen molar-refractivity contribution in [3.63, 3.8) is 0 Å². The van der Waals surface area contributed by atoms with Crippen molar-refractivity contribution in [1.29, 1.82) is 5.26 Å². The van der Waals surface area contributed by atoms with Gasteiger partial charge in [-0.15, -0.1) is 0 Å². The molecule has 0 amide bonds. The van der Waals surface area contributed by atoms with Gasteiger partial charge in [0.2, 0.25) is 0 Å². The molecule has 1 aromatic rings. The highest BCUT2D eigenvalue weighted by atomic mass is 79.9. The van der Waals surface area contributed by atoms with Gasteiger partial charge in [0.05, 0.1) is 17.7 Å². The lowest BCUT2D eigenvalue weighted by molar-refractivity contribution is 0.0320. The van der Waals surface area contributed by atoms with Crippen LogP contribution in [-0.4, -0.2) is 21.6 Å². The second kappa shape index (κ2) is 5.21. The molecule has 0 spiro atoms. The van der Waals surface area contributed by atoms with Crippen LogP contribution in [0.4, 0.5) is 4.39 Å². The first kappa shape index (κ1) is 12.1. The summed E-state index contributed by atoms with van der Waals surface area (Å²) in [6.07, 6.45) is -2.44. The number of hydrogen-bond donors (Lipinski definition) is 2. The third kappa shape index (κ3) is 2.75. The Morgan fingerprint density at radius 3 is 2.67 bits per heavy atom. The molecule has 0 aliphatic rings. The maximum Gasteiger partial charge on any atom is 0.129 e. The highest BCUT2D eigenvalue weighted by Gasteiger charge is 2.20. The average Bonchev–Trinajstić information content (AvgIpc) is 2.27. The average molecular weight is 274 g/mol. The van der Waals surface area contributed by atoms with E-state index >= 15 is 0 Å². The molecule has 0 fully saturated rings. The lowest BCUT2D eigenvalue weighted by Crippen LogP contribution is -2.20. The van der Waals surface area contributed by atoms with Crippen molar-refractivity contribution in [3.05, 3.63) is 35.1 Å². The zero-order valence-corrected chi connectivity index (χ0v) is 9.28. The fourth-order valence-electron chi connectivity index (χ4n) is 1.13. The van der Waals surface area contributed by atoms with Crippen molar-refractivity contribution in [3.8, 4) is 6.07 Å². The van der Waals surface area contributed by atoms with Gasteiger partial charge in [0, 0.05) is 10.9 Å². The van der Waals surface area contributed by atoms with Gasteiger partial charge in [-0.25, -0.2) is 4.39 Å². The molecule has 15 heavy (non-hydrogen) atoms. The van der Waals surface area contributed by atoms with E-state index in [1.165, 1.54) is 12.1 Å². The number of aliphatic hydroxyl groups excluding tert-OH is 2. The third-order valence-corrected chi connectivity index (χ3v) is 2.63. The minimum absolute atomic E-state index is 0.0685. The number of rotatable bonds is 3. The molecule has 0 aliphatic heterocycles. The predicted octanol–water partition coefficient (Wildman–Crippen LogP) is 1.49. The predicted molar refractivity (Wildman–Crippen MR) is 55.9 cm³/mol. The zero-order valence-electron chi connectivity index (χ0n) is 7.69. The first-order valence-corrected chi connectivity index (χ1v) is 5.34. The highest BCUT2D eigenvalue weighted by Crippen LogP contribution is 2.22. The second-order valence-electron chi connectivity index (χ2n) is 3.01. The van der Waals surface area contributed by atoms with E-state index in [2.05, 4.69) is 15.9 Å². The monoisotopic (exact) mass is 273 g/mol. The Morgan fingerprint density at radius 2 is 2.13 bits per heavy atom. The van der Waals surface area contributed by atoms with Crippen LogP contribution in [0.3, 0.4) is 0 Å². The summed E-state index contributed by atoms with van der Waals surface area (Å²) in [7, 11) is 0. The van der Waals surface area contributed by atoms with Crippen LogP contribution in [-0.2, 0) is 0 Å². The summed E-state index contributed by atoms with van der Waals surface area (Å²) >= 11 is 2.98. The van der Waals surface area contributed by atoms with E-state index in [0.29, 0.717) is 0 Å². The van der Waals surface area contributed by atoms with Crippen molar-refractivity contribution in [2.45, 2.75) is 12.2 Å². The zero-order chi connectivity index (χ0) is 11.4. The molecular formula is C10H9BrFNO2. The largest absolute Gasteiger partial charge is 0.389 e. The van der Waals surface area contributed by atoms with Crippen LogP contribution in [0.1, 0.15) is 17.2 Å². The number of aliphatic hydroxyl groups is 2. The van der Waals surface area contributed by atoms with Gasteiger partial charge in [-0.05, 0) is 18.2 Å². The van der Waals surface area contributed by atoms with Crippen LogP contribution in [0, 0.1) is 17.1 Å². The number of halogens is 2. The van der Waals surface area contributed by atoms with Crippen LogP contribution in [0.15, 0.2) is 18.2 Å². The van der Waals surface area contributed by atoms with Gasteiger partial charge in [-0.1, -0.05) is 15.9 Å². The topological polar surface area (TPSA) is 64.2 Å². The van der Waals surface area contributed by atoms with Gasteiger partial charge in [0.1, 0.15) is 11.9 Å². The van der Waals surface area contributed by atoms with Crippen molar-refractivity contribution < 1.29 is 14.6 Å². The molecule has 0 aliphatic carbocycles. The van der Waals surface area contributed by atoms with Crippen LogP contribution in [0.2, 0.25) is 0 Å². The van der Waals surface area contributed by atoms with E-state index in [-0.39, 0.29) is 16.5 Å². The van der Waals surface area contributed by atoms with E-state index in [1.807, 2.05) is 6.07 Å². The van der Waals surface area contributed by atoms with Crippen molar-refractivity contribution >= 4 is 15.9 Å². The van der Waals surface area contributed by atoms with Crippen LogP contribution in [0.25, 0.3) is 0 Å². The van der Waals surface area contributed by atoms with E-state index in [1.54, 1.807) is 0 Å². The smallest absolute Gasteiger partial charge is 0.129 e. The standard InChI is InChI=1S/C10H9BrFNO2/c11-4-9(14)10(15)7-3-6(5-13)1-2-8(7)12/h1-3,9-10,14-15H,4H2. The fourth-order valence-corrected chi connectivity index (χ4v) is 1.49. The Bertz CT molecular complexity index is 391. The summed E-state index contributed by atoms with van der Waals surface area (Å²) < 4.78 is 13.3. The van der Waals surface area contributed by atoms with Gasteiger partial charge in [0.25, 0.3) is 0 Å². The molecule has 0 heterocycles. The highest BCUT2D eigenvalue weighted by molar-refractivity contribution is 9.09. The summed E-state index contributed by atoms with van der Waals surface area (Å²) in [6, 6.07) is 5.47. The molecule has 0 bridgehead atoms. The van der Waals surface area contributed by atoms with Gasteiger partial charge < -0.3 is 10.2 Å². The first-order chi connectivity index (χ1) is 7.10. The SMILES string of the molecule is N#Cc1ccc(F)c(C(O)C(O)CBr)c1. The summed E-state index contributed by atoms with van der Waals surface area (Å²) in [5.74, 6) is -0.637. The number of nitriles is 1. The number of hydrogen-bond acceptors (Lipinski definition) is 3. The molecular weight excluding hydrogens is 265 g/mol. The van der Waals surface area contributed by atoms with E-state index in [9.17, 15) is 14.6 Å². The van der Waals surface area contributed by atoms with Crippen molar-refractivity contribution in [2.75, 3.05) is 5.33 Å². The molecule has 2 unspecified atom stereocenters. The van der Waals surface area contributed by atoms with E-state index < -0.39 is 18.0 Å². The van der Waals surface area contributed by atoms with Gasteiger partial charge in [-0.2, -0.15) is 5.26 Å². The lowest BCUT2D eigenvalue weighted by Gasteiger charge is -2.16. The lowest BCUT2D eigenvalue weighted by atomic mass is 10.0. The minimum atomic E-state index is -1.34. The fraction of sp³-hybridized carbons (Fsp3) is 0.300. The Labute approximate surface area is 94.9 Å². The van der Waals surface area contributed by atoms with E-state index in [4.69, 9.17) is 5.26 Å². The van der Waals surface area contributed by atoms with Gasteiger partial charge >= 0.3 is 0 Å². The number of benzene rings is 1. The number of alkyl halides is 1. The molecule has 2 N–H and O–H groups in total. The second-order valence-corrected chi connectivity index (χ2v) is 3.66. The summed E-state index contributed by atoms with van der Waals surface area (Å²) in [6.45, 7) is 0. The van der Waals surface area contributed by atoms with Crippen molar-refractivity contribution in [2.24, 2.45) is 0 Å². The molecule has 1 rings (SSSR count). The summed E-state index contributed by atoms with van der Waals surface area (Å²) in [5, 5.41) is 27.6. The minimum Gasteiger partial charge on any atom is -0.389 e. The van der Waals surface area contributed by atoms with Crippen LogP contribution >= 0.6 is 15.9 Å². The number of nitrogens with zero attached hydrogens (tertiary/aromatic N) is 1. The Kier molecular flexibility index (Phi) is 4.21. The molecule has 0 saturated carbocycles. The Morgan fingerprint density at radius 1 is 1.47 bits per heavy atom. The molecule has 2 atom stereocenters.